The second-order valence-electron chi connectivity index (χ2n) is 4.66. The van der Waals surface area contributed by atoms with Gasteiger partial charge in [-0.25, -0.2) is 0 Å². The van der Waals surface area contributed by atoms with Crippen LogP contribution in [0.15, 0.2) is 28.7 Å². The molecule has 0 aliphatic carbocycles. The van der Waals surface area contributed by atoms with Crippen LogP contribution in [0, 0.1) is 5.92 Å². The highest BCUT2D eigenvalue weighted by Gasteiger charge is 2.17. The summed E-state index contributed by atoms with van der Waals surface area (Å²) in [7, 11) is 2.22. The molecule has 2 nitrogen and oxygen atoms in total. The lowest BCUT2D eigenvalue weighted by Gasteiger charge is -2.31. The first-order valence-corrected chi connectivity index (χ1v) is 6.67. The molecule has 1 heterocycles. The molecule has 0 bridgehead atoms. The Kier molecular flexibility index (Phi) is 4.38. The number of likely N-dealkylation sites (N-methyl/N-ethyl adjacent to an activating group) is 1. The van der Waals surface area contributed by atoms with E-state index in [1.165, 1.54) is 25.2 Å². The third kappa shape index (κ3) is 3.58. The van der Waals surface area contributed by atoms with Crippen molar-refractivity contribution >= 4 is 15.9 Å². The Bertz CT molecular complexity index is 319. The highest BCUT2D eigenvalue weighted by atomic mass is 79.9. The Hall–Kier alpha value is -0.380. The molecule has 1 aromatic carbocycles. The van der Waals surface area contributed by atoms with Crippen LogP contribution in [0.25, 0.3) is 0 Å². The monoisotopic (exact) mass is 282 g/mol. The molecule has 2 rings (SSSR count). The first kappa shape index (κ1) is 12.1. The normalized spacial score (nSPS) is 16.4. The van der Waals surface area contributed by atoms with E-state index in [1.807, 2.05) is 0 Å². The van der Waals surface area contributed by atoms with Crippen molar-refractivity contribution in [1.82, 2.24) is 10.2 Å². The molecular weight excluding hydrogens is 264 g/mol. The molecule has 0 aromatic heterocycles. The summed E-state index contributed by atoms with van der Waals surface area (Å²) in [5, 5.41) is 3.31. The minimum absolute atomic E-state index is 0.870. The fourth-order valence-electron chi connectivity index (χ4n) is 1.98. The molecule has 1 aliphatic heterocycles. The minimum Gasteiger partial charge on any atom is -0.316 e. The number of benzene rings is 1. The molecule has 0 saturated carbocycles. The molecule has 0 unspecified atom stereocenters. The standard InChI is InChI=1S/C13H19BrN2/c1-16(10-12-8-15-9-12)7-6-11-2-4-13(14)5-3-11/h2-5,12,15H,6-10H2,1H3. The van der Waals surface area contributed by atoms with E-state index in [9.17, 15) is 0 Å². The van der Waals surface area contributed by atoms with Gasteiger partial charge in [0.15, 0.2) is 0 Å². The fraction of sp³-hybridized carbons (Fsp3) is 0.538. The molecule has 88 valence electrons. The Morgan fingerprint density at radius 2 is 2.00 bits per heavy atom. The van der Waals surface area contributed by atoms with Crippen LogP contribution in [0.5, 0.6) is 0 Å². The van der Waals surface area contributed by atoms with Crippen molar-refractivity contribution in [2.45, 2.75) is 6.42 Å². The maximum absolute atomic E-state index is 3.46. The van der Waals surface area contributed by atoms with Crippen molar-refractivity contribution in [3.63, 3.8) is 0 Å². The largest absolute Gasteiger partial charge is 0.316 e. The Morgan fingerprint density at radius 3 is 2.56 bits per heavy atom. The van der Waals surface area contributed by atoms with E-state index in [2.05, 4.69) is 57.5 Å². The minimum atomic E-state index is 0.870. The average molecular weight is 283 g/mol. The topological polar surface area (TPSA) is 15.3 Å². The number of halogens is 1. The average Bonchev–Trinajstić information content (AvgIpc) is 2.23. The predicted octanol–water partition coefficient (Wildman–Crippen LogP) is 2.14. The van der Waals surface area contributed by atoms with Gasteiger partial charge in [-0.3, -0.25) is 0 Å². The maximum atomic E-state index is 3.46. The molecule has 0 amide bonds. The highest BCUT2D eigenvalue weighted by molar-refractivity contribution is 9.10. The SMILES string of the molecule is CN(CCc1ccc(Br)cc1)CC1CNC1. The van der Waals surface area contributed by atoms with Crippen molar-refractivity contribution in [3.05, 3.63) is 34.3 Å². The van der Waals surface area contributed by atoms with E-state index in [4.69, 9.17) is 0 Å². The third-order valence-electron chi connectivity index (χ3n) is 3.13. The van der Waals surface area contributed by atoms with Gasteiger partial charge in [-0.2, -0.15) is 0 Å². The summed E-state index contributed by atoms with van der Waals surface area (Å²) in [4.78, 5) is 2.44. The van der Waals surface area contributed by atoms with Crippen molar-refractivity contribution in [1.29, 1.82) is 0 Å². The lowest BCUT2D eigenvalue weighted by molar-refractivity contribution is 0.226. The zero-order chi connectivity index (χ0) is 11.4. The number of rotatable bonds is 5. The molecule has 1 fully saturated rings. The summed E-state index contributed by atoms with van der Waals surface area (Å²) in [5.41, 5.74) is 1.42. The van der Waals surface area contributed by atoms with Crippen LogP contribution in [-0.2, 0) is 6.42 Å². The summed E-state index contributed by atoms with van der Waals surface area (Å²) in [5.74, 6) is 0.870. The molecule has 1 saturated heterocycles. The van der Waals surface area contributed by atoms with E-state index in [1.54, 1.807) is 0 Å². The van der Waals surface area contributed by atoms with Gasteiger partial charge in [-0.05, 0) is 37.1 Å². The highest BCUT2D eigenvalue weighted by Crippen LogP contribution is 2.11. The van der Waals surface area contributed by atoms with Gasteiger partial charge < -0.3 is 10.2 Å². The van der Waals surface area contributed by atoms with Crippen LogP contribution in [0.3, 0.4) is 0 Å². The molecule has 0 spiro atoms. The second kappa shape index (κ2) is 5.80. The summed E-state index contributed by atoms with van der Waals surface area (Å²) in [6, 6.07) is 8.63. The van der Waals surface area contributed by atoms with Gasteiger partial charge in [0.25, 0.3) is 0 Å². The lowest BCUT2D eigenvalue weighted by Crippen LogP contribution is -2.47. The van der Waals surface area contributed by atoms with Gasteiger partial charge >= 0.3 is 0 Å². The predicted molar refractivity (Wildman–Crippen MR) is 71.7 cm³/mol. The van der Waals surface area contributed by atoms with Crippen LogP contribution in [0.1, 0.15) is 5.56 Å². The Balaban J connectivity index is 1.71. The molecule has 0 radical (unpaired) electrons. The van der Waals surface area contributed by atoms with E-state index in [-0.39, 0.29) is 0 Å². The van der Waals surface area contributed by atoms with Gasteiger partial charge in [-0.15, -0.1) is 0 Å². The van der Waals surface area contributed by atoms with Gasteiger partial charge in [0.2, 0.25) is 0 Å². The summed E-state index contributed by atoms with van der Waals surface area (Å²) >= 11 is 3.46. The Labute approximate surface area is 106 Å². The quantitative estimate of drug-likeness (QED) is 0.890. The molecule has 1 aromatic rings. The van der Waals surface area contributed by atoms with Crippen LogP contribution in [0.2, 0.25) is 0 Å². The number of nitrogens with one attached hydrogen (secondary N) is 1. The zero-order valence-corrected chi connectivity index (χ0v) is 11.3. The van der Waals surface area contributed by atoms with Gasteiger partial charge in [0.1, 0.15) is 0 Å². The van der Waals surface area contributed by atoms with E-state index in [0.717, 1.165) is 23.4 Å². The van der Waals surface area contributed by atoms with Crippen LogP contribution >= 0.6 is 15.9 Å². The van der Waals surface area contributed by atoms with Crippen molar-refractivity contribution in [2.75, 3.05) is 33.2 Å². The van der Waals surface area contributed by atoms with Gasteiger partial charge in [0.05, 0.1) is 0 Å². The number of hydrogen-bond donors (Lipinski definition) is 1. The smallest absolute Gasteiger partial charge is 0.0175 e. The molecule has 1 N–H and O–H groups in total. The molecular formula is C13H19BrN2. The third-order valence-corrected chi connectivity index (χ3v) is 3.66. The molecule has 16 heavy (non-hydrogen) atoms. The lowest BCUT2D eigenvalue weighted by atomic mass is 10.0. The molecule has 3 heteroatoms. The molecule has 0 atom stereocenters. The van der Waals surface area contributed by atoms with Crippen LogP contribution in [-0.4, -0.2) is 38.1 Å². The first-order chi connectivity index (χ1) is 7.74. The maximum Gasteiger partial charge on any atom is 0.0175 e. The molecule has 1 aliphatic rings. The van der Waals surface area contributed by atoms with Crippen LogP contribution < -0.4 is 5.32 Å². The van der Waals surface area contributed by atoms with Gasteiger partial charge in [-0.1, -0.05) is 28.1 Å². The summed E-state index contributed by atoms with van der Waals surface area (Å²) in [6.45, 7) is 4.77. The zero-order valence-electron chi connectivity index (χ0n) is 9.75. The van der Waals surface area contributed by atoms with Crippen molar-refractivity contribution < 1.29 is 0 Å². The summed E-state index contributed by atoms with van der Waals surface area (Å²) in [6.07, 6.45) is 1.14. The van der Waals surface area contributed by atoms with Gasteiger partial charge in [0, 0.05) is 30.7 Å². The van der Waals surface area contributed by atoms with Crippen molar-refractivity contribution in [2.24, 2.45) is 5.92 Å². The number of hydrogen-bond acceptors (Lipinski definition) is 2. The summed E-state index contributed by atoms with van der Waals surface area (Å²) < 4.78 is 1.16. The Morgan fingerprint density at radius 1 is 1.31 bits per heavy atom. The van der Waals surface area contributed by atoms with Crippen molar-refractivity contribution in [3.8, 4) is 0 Å². The van der Waals surface area contributed by atoms with E-state index in [0.29, 0.717) is 0 Å². The fourth-order valence-corrected chi connectivity index (χ4v) is 2.24. The first-order valence-electron chi connectivity index (χ1n) is 5.88. The second-order valence-corrected chi connectivity index (χ2v) is 5.58. The number of nitrogens with zero attached hydrogens (tertiary/aromatic N) is 1. The van der Waals surface area contributed by atoms with E-state index < -0.39 is 0 Å². The van der Waals surface area contributed by atoms with E-state index >= 15 is 0 Å². The van der Waals surface area contributed by atoms with Crippen LogP contribution in [0.4, 0.5) is 0 Å².